The molecule has 106 valence electrons. The summed E-state index contributed by atoms with van der Waals surface area (Å²) in [6, 6.07) is 4.39. The average molecular weight is 277 g/mol. The van der Waals surface area contributed by atoms with Crippen LogP contribution in [0.1, 0.15) is 22.3 Å². The van der Waals surface area contributed by atoms with E-state index >= 15 is 0 Å². The number of carbonyl (C=O) groups is 2. The highest BCUT2D eigenvalue weighted by Crippen LogP contribution is 2.22. The van der Waals surface area contributed by atoms with Crippen molar-refractivity contribution >= 4 is 17.5 Å². The van der Waals surface area contributed by atoms with Crippen molar-refractivity contribution in [2.75, 3.05) is 19.6 Å². The molecule has 1 aromatic rings. The minimum absolute atomic E-state index is 0.0129. The summed E-state index contributed by atoms with van der Waals surface area (Å²) in [7, 11) is 0. The predicted molar refractivity (Wildman–Crippen MR) is 71.4 cm³/mol. The van der Waals surface area contributed by atoms with Crippen molar-refractivity contribution < 1.29 is 14.5 Å². The largest absolute Gasteiger partial charge is 0.354 e. The van der Waals surface area contributed by atoms with Crippen molar-refractivity contribution in [2.24, 2.45) is 0 Å². The lowest BCUT2D eigenvalue weighted by Crippen LogP contribution is -2.37. The fourth-order valence-electron chi connectivity index (χ4n) is 2.20. The van der Waals surface area contributed by atoms with E-state index in [1.54, 1.807) is 13.0 Å². The monoisotopic (exact) mass is 277 g/mol. The number of nitro benzene ring substituents is 1. The quantitative estimate of drug-likeness (QED) is 0.641. The van der Waals surface area contributed by atoms with Crippen molar-refractivity contribution in [1.29, 1.82) is 0 Å². The molecular weight excluding hydrogens is 262 g/mol. The van der Waals surface area contributed by atoms with Gasteiger partial charge in [0.2, 0.25) is 5.91 Å². The van der Waals surface area contributed by atoms with Gasteiger partial charge in [0.15, 0.2) is 0 Å². The topological polar surface area (TPSA) is 92.6 Å². The first-order valence-electron chi connectivity index (χ1n) is 6.30. The number of rotatable bonds is 2. The van der Waals surface area contributed by atoms with E-state index in [9.17, 15) is 19.7 Å². The number of nitrogens with one attached hydrogen (secondary N) is 1. The number of nitro groups is 1. The summed E-state index contributed by atoms with van der Waals surface area (Å²) in [6.45, 7) is 2.53. The second-order valence-electron chi connectivity index (χ2n) is 4.64. The van der Waals surface area contributed by atoms with E-state index in [2.05, 4.69) is 5.32 Å². The fraction of sp³-hybridized carbons (Fsp3) is 0.385. The number of benzene rings is 1. The Labute approximate surface area is 115 Å². The van der Waals surface area contributed by atoms with Gasteiger partial charge >= 0.3 is 0 Å². The number of hydrogen-bond acceptors (Lipinski definition) is 4. The van der Waals surface area contributed by atoms with Crippen LogP contribution in [0.5, 0.6) is 0 Å². The van der Waals surface area contributed by atoms with Crippen molar-refractivity contribution in [1.82, 2.24) is 10.2 Å². The molecule has 0 bridgehead atoms. The lowest BCUT2D eigenvalue weighted by molar-refractivity contribution is -0.385. The minimum atomic E-state index is -0.513. The second kappa shape index (κ2) is 5.68. The third-order valence-corrected chi connectivity index (χ3v) is 3.28. The van der Waals surface area contributed by atoms with Gasteiger partial charge in [0.25, 0.3) is 11.6 Å². The summed E-state index contributed by atoms with van der Waals surface area (Å²) in [6.07, 6.45) is 0.672. The highest BCUT2D eigenvalue weighted by molar-refractivity contribution is 5.98. The van der Waals surface area contributed by atoms with Gasteiger partial charge in [0, 0.05) is 30.3 Å². The molecule has 1 saturated heterocycles. The van der Waals surface area contributed by atoms with Crippen molar-refractivity contribution in [3.63, 3.8) is 0 Å². The molecule has 7 nitrogen and oxygen atoms in total. The Morgan fingerprint density at radius 3 is 2.90 bits per heavy atom. The molecule has 0 saturated carbocycles. The molecular formula is C13H15N3O4. The molecule has 0 aliphatic carbocycles. The minimum Gasteiger partial charge on any atom is -0.354 e. The van der Waals surface area contributed by atoms with E-state index in [1.165, 1.54) is 17.0 Å². The summed E-state index contributed by atoms with van der Waals surface area (Å²) in [5, 5.41) is 13.6. The molecule has 2 amide bonds. The third kappa shape index (κ3) is 2.76. The van der Waals surface area contributed by atoms with Crippen molar-refractivity contribution in [3.05, 3.63) is 39.4 Å². The molecule has 0 unspecified atom stereocenters. The highest BCUT2D eigenvalue weighted by atomic mass is 16.6. The first-order chi connectivity index (χ1) is 9.50. The molecule has 2 rings (SSSR count). The maximum atomic E-state index is 12.4. The van der Waals surface area contributed by atoms with Crippen LogP contribution in [-0.4, -0.2) is 41.3 Å². The Morgan fingerprint density at radius 1 is 1.45 bits per heavy atom. The molecule has 20 heavy (non-hydrogen) atoms. The van der Waals surface area contributed by atoms with Crippen molar-refractivity contribution in [2.45, 2.75) is 13.3 Å². The molecule has 1 N–H and O–H groups in total. The zero-order valence-corrected chi connectivity index (χ0v) is 11.1. The van der Waals surface area contributed by atoms with E-state index in [4.69, 9.17) is 0 Å². The number of hydrogen-bond donors (Lipinski definition) is 1. The third-order valence-electron chi connectivity index (χ3n) is 3.28. The van der Waals surface area contributed by atoms with E-state index < -0.39 is 4.92 Å². The molecule has 0 atom stereocenters. The van der Waals surface area contributed by atoms with E-state index in [0.29, 0.717) is 25.1 Å². The zero-order chi connectivity index (χ0) is 14.7. The Kier molecular flexibility index (Phi) is 3.97. The van der Waals surface area contributed by atoms with Crippen LogP contribution >= 0.6 is 0 Å². The standard InChI is InChI=1S/C13H15N3O4/c1-9-10(4-2-5-11(9)16(19)20)13(18)15-7-3-6-14-12(17)8-15/h2,4-5H,3,6-8H2,1H3,(H,14,17). The number of carbonyl (C=O) groups excluding carboxylic acids is 2. The first kappa shape index (κ1) is 14.0. The molecule has 0 aromatic heterocycles. The lowest BCUT2D eigenvalue weighted by atomic mass is 10.1. The van der Waals surface area contributed by atoms with Gasteiger partial charge < -0.3 is 10.2 Å². The lowest BCUT2D eigenvalue weighted by Gasteiger charge is -2.19. The molecule has 1 aromatic carbocycles. The van der Waals surface area contributed by atoms with Crippen LogP contribution in [0.15, 0.2) is 18.2 Å². The van der Waals surface area contributed by atoms with Crippen LogP contribution < -0.4 is 5.32 Å². The van der Waals surface area contributed by atoms with Gasteiger partial charge in [0.1, 0.15) is 0 Å². The number of amides is 2. The van der Waals surface area contributed by atoms with Gasteiger partial charge in [-0.25, -0.2) is 0 Å². The maximum absolute atomic E-state index is 12.4. The summed E-state index contributed by atoms with van der Waals surface area (Å²) in [5.74, 6) is -0.554. The van der Waals surface area contributed by atoms with Crippen molar-refractivity contribution in [3.8, 4) is 0 Å². The Bertz CT molecular complexity index is 571. The van der Waals surface area contributed by atoms with Gasteiger partial charge in [-0.2, -0.15) is 0 Å². The van der Waals surface area contributed by atoms with Crippen LogP contribution in [0, 0.1) is 17.0 Å². The summed E-state index contributed by atoms with van der Waals surface area (Å²) in [5.41, 5.74) is 0.510. The zero-order valence-electron chi connectivity index (χ0n) is 11.1. The molecule has 1 heterocycles. The van der Waals surface area contributed by atoms with Crippen LogP contribution in [0.3, 0.4) is 0 Å². The van der Waals surface area contributed by atoms with Gasteiger partial charge in [-0.15, -0.1) is 0 Å². The fourth-order valence-corrected chi connectivity index (χ4v) is 2.20. The van der Waals surface area contributed by atoms with Crippen LogP contribution in [0.4, 0.5) is 5.69 Å². The Hall–Kier alpha value is -2.44. The summed E-state index contributed by atoms with van der Waals surface area (Å²) >= 11 is 0. The smallest absolute Gasteiger partial charge is 0.273 e. The van der Waals surface area contributed by atoms with Gasteiger partial charge in [0.05, 0.1) is 11.5 Å². The maximum Gasteiger partial charge on any atom is 0.273 e. The van der Waals surface area contributed by atoms with Crippen LogP contribution in [0.2, 0.25) is 0 Å². The Morgan fingerprint density at radius 2 is 2.20 bits per heavy atom. The van der Waals surface area contributed by atoms with Gasteiger partial charge in [-0.05, 0) is 19.4 Å². The predicted octanol–water partition coefficient (Wildman–Crippen LogP) is 0.865. The van der Waals surface area contributed by atoms with Gasteiger partial charge in [-0.1, -0.05) is 6.07 Å². The molecule has 0 spiro atoms. The van der Waals surface area contributed by atoms with E-state index in [-0.39, 0.29) is 29.6 Å². The normalized spacial score (nSPS) is 15.4. The Balaban J connectivity index is 2.31. The van der Waals surface area contributed by atoms with Crippen LogP contribution in [0.25, 0.3) is 0 Å². The second-order valence-corrected chi connectivity index (χ2v) is 4.64. The average Bonchev–Trinajstić information content (AvgIpc) is 2.62. The molecule has 1 aliphatic heterocycles. The SMILES string of the molecule is Cc1c(C(=O)N2CCCNC(=O)C2)cccc1[N+](=O)[O-]. The molecule has 1 fully saturated rings. The number of nitrogens with zero attached hydrogens (tertiary/aromatic N) is 2. The van der Waals surface area contributed by atoms with Gasteiger partial charge in [-0.3, -0.25) is 19.7 Å². The molecule has 7 heteroatoms. The first-order valence-corrected chi connectivity index (χ1v) is 6.30. The van der Waals surface area contributed by atoms with E-state index in [0.717, 1.165) is 0 Å². The summed E-state index contributed by atoms with van der Waals surface area (Å²) in [4.78, 5) is 35.7. The summed E-state index contributed by atoms with van der Waals surface area (Å²) < 4.78 is 0. The molecule has 0 radical (unpaired) electrons. The van der Waals surface area contributed by atoms with Crippen LogP contribution in [-0.2, 0) is 4.79 Å². The highest BCUT2D eigenvalue weighted by Gasteiger charge is 2.24. The van der Waals surface area contributed by atoms with E-state index in [1.807, 2.05) is 0 Å². The molecule has 1 aliphatic rings.